The summed E-state index contributed by atoms with van der Waals surface area (Å²) in [6, 6.07) is 5.64. The Morgan fingerprint density at radius 3 is 2.86 bits per heavy atom. The Kier molecular flexibility index (Phi) is 5.07. The van der Waals surface area contributed by atoms with Gasteiger partial charge in [0.1, 0.15) is 11.7 Å². The second kappa shape index (κ2) is 7.42. The third kappa shape index (κ3) is 4.13. The minimum Gasteiger partial charge on any atom is -0.300 e. The maximum absolute atomic E-state index is 13.4. The number of amides is 1. The molecule has 0 saturated carbocycles. The number of amidine groups is 1. The lowest BCUT2D eigenvalue weighted by atomic mass is 10.1. The summed E-state index contributed by atoms with van der Waals surface area (Å²) in [5.41, 5.74) is 2.79. The number of thioether (sulfide) groups is 1. The predicted octanol–water partition coefficient (Wildman–Crippen LogP) is 3.53. The Morgan fingerprint density at radius 1 is 1.38 bits per heavy atom. The number of carbonyl (C=O) groups is 1. The molecule has 1 aromatic heterocycles. The van der Waals surface area contributed by atoms with Crippen LogP contribution in [-0.2, 0) is 9.84 Å². The second-order valence-electron chi connectivity index (χ2n) is 7.05. The number of aryl methyl sites for hydroxylation is 1. The summed E-state index contributed by atoms with van der Waals surface area (Å²) >= 11 is 1.00. The van der Waals surface area contributed by atoms with Crippen LogP contribution >= 0.6 is 11.8 Å². The van der Waals surface area contributed by atoms with E-state index in [0.29, 0.717) is 22.8 Å². The SMILES string of the molecule is Cc1nn([C@@H]2CCS(=O)(=O)C2)c(C)c1/C=C1\SC(=O)NC1=Nc1cccc(F)c1. The van der Waals surface area contributed by atoms with Crippen molar-refractivity contribution in [1.82, 2.24) is 15.1 Å². The Bertz CT molecular complexity index is 1170. The van der Waals surface area contributed by atoms with Gasteiger partial charge in [-0.3, -0.25) is 9.48 Å². The van der Waals surface area contributed by atoms with Crippen LogP contribution in [0.1, 0.15) is 29.4 Å². The van der Waals surface area contributed by atoms with E-state index in [1.54, 1.807) is 16.8 Å². The molecule has 2 saturated heterocycles. The van der Waals surface area contributed by atoms with E-state index in [1.807, 2.05) is 19.9 Å². The number of benzene rings is 1. The maximum Gasteiger partial charge on any atom is 0.289 e. The van der Waals surface area contributed by atoms with Crippen LogP contribution in [0.25, 0.3) is 6.08 Å². The molecular formula is C19H19FN4O3S2. The lowest BCUT2D eigenvalue weighted by Gasteiger charge is -2.11. The van der Waals surface area contributed by atoms with Gasteiger partial charge >= 0.3 is 0 Å². The highest BCUT2D eigenvalue weighted by Crippen LogP contribution is 2.32. The summed E-state index contributed by atoms with van der Waals surface area (Å²) < 4.78 is 38.9. The van der Waals surface area contributed by atoms with Gasteiger partial charge in [-0.25, -0.2) is 17.8 Å². The number of aliphatic imine (C=N–C) groups is 1. The fourth-order valence-electron chi connectivity index (χ4n) is 3.53. The normalized spacial score (nSPS) is 23.8. The van der Waals surface area contributed by atoms with Crippen molar-refractivity contribution in [2.45, 2.75) is 26.3 Å². The molecule has 2 aliphatic heterocycles. The first-order chi connectivity index (χ1) is 13.7. The van der Waals surface area contributed by atoms with Gasteiger partial charge in [-0.05, 0) is 56.3 Å². The quantitative estimate of drug-likeness (QED) is 0.798. The van der Waals surface area contributed by atoms with Crippen molar-refractivity contribution in [3.63, 3.8) is 0 Å². The Hall–Kier alpha value is -2.46. The molecule has 0 radical (unpaired) electrons. The standard InChI is InChI=1S/C19H19FN4O3S2/c1-11-16(12(2)24(23-11)15-6-7-29(26,27)10-15)9-17-18(22-19(25)28-17)21-14-5-3-4-13(20)8-14/h3-5,8-9,15H,6-7,10H2,1-2H3,(H,21,22,25)/b17-9-/t15-/m1/s1. The van der Waals surface area contributed by atoms with Gasteiger partial charge in [-0.1, -0.05) is 6.07 Å². The number of hydrogen-bond donors (Lipinski definition) is 1. The monoisotopic (exact) mass is 434 g/mol. The van der Waals surface area contributed by atoms with Crippen molar-refractivity contribution in [3.8, 4) is 0 Å². The molecule has 152 valence electrons. The molecule has 2 fully saturated rings. The minimum atomic E-state index is -3.03. The Balaban J connectivity index is 1.70. The molecule has 4 rings (SSSR count). The van der Waals surface area contributed by atoms with Crippen LogP contribution in [-0.4, -0.2) is 40.8 Å². The molecule has 7 nitrogen and oxygen atoms in total. The van der Waals surface area contributed by atoms with Gasteiger partial charge in [0.25, 0.3) is 5.24 Å². The lowest BCUT2D eigenvalue weighted by molar-refractivity contribution is 0.265. The van der Waals surface area contributed by atoms with E-state index in [1.165, 1.54) is 12.1 Å². The second-order valence-corrected chi connectivity index (χ2v) is 10.3. The van der Waals surface area contributed by atoms with Gasteiger partial charge in [0.15, 0.2) is 9.84 Å². The largest absolute Gasteiger partial charge is 0.300 e. The van der Waals surface area contributed by atoms with E-state index in [0.717, 1.165) is 28.7 Å². The van der Waals surface area contributed by atoms with E-state index < -0.39 is 15.7 Å². The van der Waals surface area contributed by atoms with Crippen LogP contribution < -0.4 is 5.32 Å². The lowest BCUT2D eigenvalue weighted by Crippen LogP contribution is -2.18. The third-order valence-corrected chi connectivity index (χ3v) is 7.49. The van der Waals surface area contributed by atoms with Gasteiger partial charge in [-0.2, -0.15) is 5.10 Å². The fraction of sp³-hybridized carbons (Fsp3) is 0.316. The van der Waals surface area contributed by atoms with E-state index in [4.69, 9.17) is 0 Å². The Morgan fingerprint density at radius 2 is 2.17 bits per heavy atom. The number of rotatable bonds is 3. The average molecular weight is 435 g/mol. The van der Waals surface area contributed by atoms with Gasteiger partial charge < -0.3 is 5.32 Å². The van der Waals surface area contributed by atoms with Crippen molar-refractivity contribution in [1.29, 1.82) is 0 Å². The van der Waals surface area contributed by atoms with Gasteiger partial charge in [0, 0.05) is 11.3 Å². The van der Waals surface area contributed by atoms with Crippen LogP contribution in [0.5, 0.6) is 0 Å². The number of nitrogens with zero attached hydrogens (tertiary/aromatic N) is 3. The van der Waals surface area contributed by atoms with Crippen molar-refractivity contribution in [2.24, 2.45) is 4.99 Å². The number of aromatic nitrogens is 2. The summed E-state index contributed by atoms with van der Waals surface area (Å²) in [4.78, 5) is 16.9. The van der Waals surface area contributed by atoms with Crippen molar-refractivity contribution < 1.29 is 17.6 Å². The maximum atomic E-state index is 13.4. The summed E-state index contributed by atoms with van der Waals surface area (Å²) in [5.74, 6) is 0.200. The molecule has 0 bridgehead atoms. The summed E-state index contributed by atoms with van der Waals surface area (Å²) in [6.45, 7) is 3.73. The molecule has 0 unspecified atom stereocenters. The highest BCUT2D eigenvalue weighted by molar-refractivity contribution is 8.18. The zero-order valence-electron chi connectivity index (χ0n) is 15.8. The zero-order chi connectivity index (χ0) is 20.8. The molecule has 1 aromatic carbocycles. The van der Waals surface area contributed by atoms with Crippen molar-refractivity contribution in [2.75, 3.05) is 11.5 Å². The van der Waals surface area contributed by atoms with Crippen molar-refractivity contribution in [3.05, 3.63) is 51.9 Å². The molecule has 1 N–H and O–H groups in total. The van der Waals surface area contributed by atoms with Gasteiger partial charge in [0.05, 0.1) is 33.8 Å². The van der Waals surface area contributed by atoms with Crippen LogP contribution in [0.4, 0.5) is 14.9 Å². The number of sulfone groups is 1. The van der Waals surface area contributed by atoms with Gasteiger partial charge in [0.2, 0.25) is 0 Å². The first kappa shape index (κ1) is 19.8. The van der Waals surface area contributed by atoms with Crippen LogP contribution in [0.3, 0.4) is 0 Å². The van der Waals surface area contributed by atoms with Crippen LogP contribution in [0.2, 0.25) is 0 Å². The molecule has 1 amide bonds. The topological polar surface area (TPSA) is 93.4 Å². The highest BCUT2D eigenvalue weighted by Gasteiger charge is 2.32. The van der Waals surface area contributed by atoms with E-state index in [2.05, 4.69) is 15.4 Å². The number of nitrogens with one attached hydrogen (secondary N) is 1. The van der Waals surface area contributed by atoms with Gasteiger partial charge in [-0.15, -0.1) is 0 Å². The number of halogens is 1. The molecule has 0 aliphatic carbocycles. The molecule has 2 aliphatic rings. The fourth-order valence-corrected chi connectivity index (χ4v) is 5.94. The molecule has 0 spiro atoms. The molecule has 29 heavy (non-hydrogen) atoms. The smallest absolute Gasteiger partial charge is 0.289 e. The number of carbonyl (C=O) groups excluding carboxylic acids is 1. The summed E-state index contributed by atoms with van der Waals surface area (Å²) in [6.07, 6.45) is 2.36. The summed E-state index contributed by atoms with van der Waals surface area (Å²) in [5, 5.41) is 6.96. The summed E-state index contributed by atoms with van der Waals surface area (Å²) in [7, 11) is -3.03. The molecule has 10 heteroatoms. The molecule has 2 aromatic rings. The third-order valence-electron chi connectivity index (χ3n) is 4.92. The highest BCUT2D eigenvalue weighted by atomic mass is 32.2. The average Bonchev–Trinajstić information content (AvgIpc) is 3.26. The minimum absolute atomic E-state index is 0.0893. The first-order valence-corrected chi connectivity index (χ1v) is 11.7. The molecule has 1 atom stereocenters. The van der Waals surface area contributed by atoms with E-state index in [9.17, 15) is 17.6 Å². The van der Waals surface area contributed by atoms with Crippen molar-refractivity contribution >= 4 is 44.4 Å². The first-order valence-electron chi connectivity index (χ1n) is 9.03. The molecular weight excluding hydrogens is 415 g/mol. The number of hydrogen-bond acceptors (Lipinski definition) is 6. The Labute approximate surface area is 172 Å². The van der Waals surface area contributed by atoms with Crippen LogP contribution in [0.15, 0.2) is 34.2 Å². The van der Waals surface area contributed by atoms with E-state index >= 15 is 0 Å². The zero-order valence-corrected chi connectivity index (χ0v) is 17.5. The van der Waals surface area contributed by atoms with E-state index in [-0.39, 0.29) is 22.8 Å². The predicted molar refractivity (Wildman–Crippen MR) is 112 cm³/mol. The van der Waals surface area contributed by atoms with Crippen LogP contribution in [0, 0.1) is 19.7 Å². The molecule has 3 heterocycles.